The highest BCUT2D eigenvalue weighted by atomic mass is 79.9. The molecule has 1 aliphatic rings. The first-order chi connectivity index (χ1) is 3.29. The number of urea groups is 1. The van der Waals surface area contributed by atoms with Crippen molar-refractivity contribution >= 4 is 32.8 Å². The van der Waals surface area contributed by atoms with Gasteiger partial charge in [0.15, 0.2) is 0 Å². The van der Waals surface area contributed by atoms with Gasteiger partial charge >= 0.3 is 6.03 Å². The fourth-order valence-electron chi connectivity index (χ4n) is 0.258. The highest BCUT2D eigenvalue weighted by molar-refractivity contribution is 9.19. The second-order valence-electron chi connectivity index (χ2n) is 0.975. The van der Waals surface area contributed by atoms with Crippen LogP contribution in [0.25, 0.3) is 0 Å². The number of carbonyl (C=O) groups is 1. The second-order valence-corrected chi connectivity index (χ2v) is 1.79. The minimum atomic E-state index is -0.438. The summed E-state index contributed by atoms with van der Waals surface area (Å²) >= 11 is 2.96. The molecule has 0 atom stereocenters. The molecule has 0 aromatic rings. The van der Waals surface area contributed by atoms with Crippen molar-refractivity contribution < 1.29 is 4.79 Å². The first-order valence-electron chi connectivity index (χ1n) is 1.61. The van der Waals surface area contributed by atoms with Gasteiger partial charge in [0.2, 0.25) is 0 Å². The van der Waals surface area contributed by atoms with Gasteiger partial charge in [0.25, 0.3) is 0 Å². The third kappa shape index (κ3) is 0.928. The molecule has 1 rings (SSSR count). The lowest BCUT2D eigenvalue weighted by Gasteiger charge is -1.66. The molecule has 0 aromatic heterocycles. The van der Waals surface area contributed by atoms with Gasteiger partial charge in [0, 0.05) is 0 Å². The van der Waals surface area contributed by atoms with Gasteiger partial charge in [-0.3, -0.25) is 0 Å². The van der Waals surface area contributed by atoms with Crippen LogP contribution in [-0.4, -0.2) is 16.9 Å². The molecule has 0 saturated heterocycles. The van der Waals surface area contributed by atoms with Crippen molar-refractivity contribution in [1.82, 2.24) is 0 Å². The monoisotopic (exact) mass is 160 g/mol. The number of nitrogens with zero attached hydrogens (tertiary/aromatic N) is 2. The SMILES string of the molecule is O=C1N=CC(Br)=N1. The minimum Gasteiger partial charge on any atom is -0.244 e. The topological polar surface area (TPSA) is 41.8 Å². The van der Waals surface area contributed by atoms with Crippen molar-refractivity contribution in [3.05, 3.63) is 0 Å². The molecule has 0 unspecified atom stereocenters. The number of rotatable bonds is 0. The fraction of sp³-hybridized carbons (Fsp3) is 0. The van der Waals surface area contributed by atoms with Crippen LogP contribution in [-0.2, 0) is 0 Å². The molecule has 0 fully saturated rings. The molecule has 1 heterocycles. The zero-order valence-electron chi connectivity index (χ0n) is 3.26. The van der Waals surface area contributed by atoms with Gasteiger partial charge in [0.05, 0.1) is 6.21 Å². The van der Waals surface area contributed by atoms with Gasteiger partial charge in [0.1, 0.15) is 4.62 Å². The van der Waals surface area contributed by atoms with Gasteiger partial charge in [-0.05, 0) is 15.9 Å². The summed E-state index contributed by atoms with van der Waals surface area (Å²) in [6.07, 6.45) is 1.36. The van der Waals surface area contributed by atoms with E-state index in [-0.39, 0.29) is 0 Å². The Morgan fingerprint density at radius 2 is 2.43 bits per heavy atom. The molecule has 2 amide bonds. The molecule has 0 bridgehead atoms. The molecule has 3 nitrogen and oxygen atoms in total. The lowest BCUT2D eigenvalue weighted by atomic mass is 10.8. The normalized spacial score (nSPS) is 17.9. The minimum absolute atomic E-state index is 0.438. The highest BCUT2D eigenvalue weighted by Crippen LogP contribution is 1.96. The van der Waals surface area contributed by atoms with Crippen LogP contribution in [0, 0.1) is 0 Å². The van der Waals surface area contributed by atoms with Gasteiger partial charge in [-0.2, -0.15) is 9.98 Å². The fourth-order valence-corrected chi connectivity index (χ4v) is 0.512. The van der Waals surface area contributed by atoms with Crippen molar-refractivity contribution in [2.24, 2.45) is 9.98 Å². The molecule has 0 aliphatic carbocycles. The summed E-state index contributed by atoms with van der Waals surface area (Å²) in [6.45, 7) is 0. The van der Waals surface area contributed by atoms with Crippen LogP contribution in [0.4, 0.5) is 4.79 Å². The molecule has 1 aliphatic heterocycles. The lowest BCUT2D eigenvalue weighted by molar-refractivity contribution is 0.257. The summed E-state index contributed by atoms with van der Waals surface area (Å²) in [5, 5.41) is 0. The molecular weight excluding hydrogens is 160 g/mol. The van der Waals surface area contributed by atoms with E-state index in [0.29, 0.717) is 4.62 Å². The summed E-state index contributed by atoms with van der Waals surface area (Å²) in [7, 11) is 0. The Morgan fingerprint density at radius 3 is 2.57 bits per heavy atom. The van der Waals surface area contributed by atoms with E-state index in [4.69, 9.17) is 0 Å². The van der Waals surface area contributed by atoms with E-state index < -0.39 is 6.03 Å². The first-order valence-corrected chi connectivity index (χ1v) is 2.40. The average molecular weight is 161 g/mol. The van der Waals surface area contributed by atoms with E-state index in [0.717, 1.165) is 0 Å². The van der Waals surface area contributed by atoms with Crippen LogP contribution in [0.5, 0.6) is 0 Å². The van der Waals surface area contributed by atoms with Crippen LogP contribution in [0.2, 0.25) is 0 Å². The maximum absolute atomic E-state index is 10.0. The molecular formula is C3HBrN2O. The molecule has 36 valence electrons. The Labute approximate surface area is 48.3 Å². The van der Waals surface area contributed by atoms with Gasteiger partial charge in [-0.1, -0.05) is 0 Å². The van der Waals surface area contributed by atoms with Crippen molar-refractivity contribution in [3.63, 3.8) is 0 Å². The Bertz CT molecular complexity index is 160. The lowest BCUT2D eigenvalue weighted by Crippen LogP contribution is -1.76. The van der Waals surface area contributed by atoms with Crippen molar-refractivity contribution in [1.29, 1.82) is 0 Å². The first kappa shape index (κ1) is 4.64. The number of halogens is 1. The number of aliphatic imine (C=N–C) groups is 2. The second kappa shape index (κ2) is 1.54. The van der Waals surface area contributed by atoms with Gasteiger partial charge < -0.3 is 0 Å². The maximum Gasteiger partial charge on any atom is 0.368 e. The third-order valence-corrected chi connectivity index (χ3v) is 0.866. The molecule has 0 saturated carbocycles. The van der Waals surface area contributed by atoms with E-state index in [1.54, 1.807) is 0 Å². The third-order valence-electron chi connectivity index (χ3n) is 0.484. The summed E-state index contributed by atoms with van der Waals surface area (Å²) in [5.41, 5.74) is 0. The van der Waals surface area contributed by atoms with Crippen molar-refractivity contribution in [3.8, 4) is 0 Å². The number of hydrogen-bond donors (Lipinski definition) is 0. The van der Waals surface area contributed by atoms with Crippen LogP contribution in [0.3, 0.4) is 0 Å². The Kier molecular flexibility index (Phi) is 1.02. The highest BCUT2D eigenvalue weighted by Gasteiger charge is 2.01. The zero-order valence-corrected chi connectivity index (χ0v) is 4.84. The van der Waals surface area contributed by atoms with Gasteiger partial charge in [-0.25, -0.2) is 4.79 Å². The van der Waals surface area contributed by atoms with Crippen LogP contribution in [0.15, 0.2) is 9.98 Å². The largest absolute Gasteiger partial charge is 0.368 e. The maximum atomic E-state index is 10.0. The van der Waals surface area contributed by atoms with E-state index >= 15 is 0 Å². The Morgan fingerprint density at radius 1 is 1.71 bits per heavy atom. The quantitative estimate of drug-likeness (QED) is 0.522. The van der Waals surface area contributed by atoms with E-state index in [1.807, 2.05) is 0 Å². The summed E-state index contributed by atoms with van der Waals surface area (Å²) in [5.74, 6) is 0. The van der Waals surface area contributed by atoms with Gasteiger partial charge in [-0.15, -0.1) is 0 Å². The predicted octanol–water partition coefficient (Wildman–Crippen LogP) is 0.984. The van der Waals surface area contributed by atoms with Crippen LogP contribution < -0.4 is 0 Å². The standard InChI is InChI=1S/C3HBrN2O/c4-2-1-5-3(7)6-2/h1H. The number of amides is 2. The number of hydrogen-bond acceptors (Lipinski definition) is 1. The van der Waals surface area contributed by atoms with Crippen LogP contribution in [0.1, 0.15) is 0 Å². The molecule has 0 radical (unpaired) electrons. The van der Waals surface area contributed by atoms with E-state index in [9.17, 15) is 4.79 Å². The smallest absolute Gasteiger partial charge is 0.244 e. The Balaban J connectivity index is 2.88. The van der Waals surface area contributed by atoms with E-state index in [2.05, 4.69) is 25.9 Å². The van der Waals surface area contributed by atoms with Crippen molar-refractivity contribution in [2.75, 3.05) is 0 Å². The Hall–Kier alpha value is -0.510. The predicted molar refractivity (Wildman–Crippen MR) is 30.2 cm³/mol. The van der Waals surface area contributed by atoms with Crippen molar-refractivity contribution in [2.45, 2.75) is 0 Å². The molecule has 7 heavy (non-hydrogen) atoms. The zero-order chi connectivity index (χ0) is 5.28. The summed E-state index contributed by atoms with van der Waals surface area (Å²) < 4.78 is 0.498. The molecule has 4 heteroatoms. The average Bonchev–Trinajstić information content (AvgIpc) is 1.87. The number of carbonyl (C=O) groups excluding carboxylic acids is 1. The van der Waals surface area contributed by atoms with Crippen LogP contribution >= 0.6 is 15.9 Å². The molecule has 0 spiro atoms. The van der Waals surface area contributed by atoms with E-state index in [1.165, 1.54) is 6.21 Å². The summed E-state index contributed by atoms with van der Waals surface area (Å²) in [6, 6.07) is -0.438. The molecule has 0 N–H and O–H groups in total. The summed E-state index contributed by atoms with van der Waals surface area (Å²) in [4.78, 5) is 16.7. The molecule has 0 aromatic carbocycles.